The molecule has 0 atom stereocenters. The average molecular weight is 380 g/mol. The molecule has 0 fully saturated rings. The van der Waals surface area contributed by atoms with Crippen LogP contribution >= 0.6 is 12.2 Å². The lowest BCUT2D eigenvalue weighted by molar-refractivity contribution is 0.297. The highest BCUT2D eigenvalue weighted by molar-refractivity contribution is 7.71. The Kier molecular flexibility index (Phi) is 4.84. The summed E-state index contributed by atoms with van der Waals surface area (Å²) in [5.74, 6) is 0.419. The van der Waals surface area contributed by atoms with Crippen LogP contribution in [0.1, 0.15) is 11.1 Å². The van der Waals surface area contributed by atoms with Crippen molar-refractivity contribution in [3.63, 3.8) is 0 Å². The van der Waals surface area contributed by atoms with E-state index in [9.17, 15) is 4.39 Å². The molecule has 136 valence electrons. The molecular weight excluding hydrogens is 363 g/mol. The van der Waals surface area contributed by atoms with Gasteiger partial charge in [-0.25, -0.2) is 9.07 Å². The van der Waals surface area contributed by atoms with Crippen LogP contribution in [-0.2, 0) is 13.2 Å². The molecule has 0 bridgehead atoms. The molecule has 0 saturated heterocycles. The zero-order valence-corrected chi connectivity index (χ0v) is 15.2. The van der Waals surface area contributed by atoms with Crippen LogP contribution in [0.15, 0.2) is 67.0 Å². The third-order valence-electron chi connectivity index (χ3n) is 4.32. The Bertz CT molecular complexity index is 1140. The van der Waals surface area contributed by atoms with Crippen LogP contribution in [0.2, 0.25) is 0 Å². The van der Waals surface area contributed by atoms with Crippen LogP contribution in [0, 0.1) is 10.6 Å². The number of H-pyrrole nitrogens is 1. The van der Waals surface area contributed by atoms with Gasteiger partial charge in [0.05, 0.1) is 6.54 Å². The average Bonchev–Trinajstić information content (AvgIpc) is 3.10. The van der Waals surface area contributed by atoms with Crippen molar-refractivity contribution >= 4 is 23.0 Å². The highest BCUT2D eigenvalue weighted by Gasteiger charge is 2.11. The van der Waals surface area contributed by atoms with E-state index in [-0.39, 0.29) is 12.4 Å². The van der Waals surface area contributed by atoms with E-state index in [2.05, 4.69) is 15.6 Å². The minimum absolute atomic E-state index is 0.156. The Morgan fingerprint density at radius 2 is 1.89 bits per heavy atom. The number of aromatic nitrogens is 3. The summed E-state index contributed by atoms with van der Waals surface area (Å²) in [6, 6.07) is 18.6. The Morgan fingerprint density at radius 1 is 1.07 bits per heavy atom. The van der Waals surface area contributed by atoms with Crippen molar-refractivity contribution in [1.29, 1.82) is 0 Å². The fraction of sp³-hybridized carbons (Fsp3) is 0.100. The normalized spacial score (nSPS) is 10.9. The molecule has 3 aromatic carbocycles. The molecule has 0 amide bonds. The third-order valence-corrected chi connectivity index (χ3v) is 4.60. The number of nitrogens with zero attached hydrogens (tertiary/aromatic N) is 2. The summed E-state index contributed by atoms with van der Waals surface area (Å²) >= 11 is 5.17. The van der Waals surface area contributed by atoms with Gasteiger partial charge in [0.1, 0.15) is 24.5 Å². The summed E-state index contributed by atoms with van der Waals surface area (Å²) < 4.78 is 22.0. The van der Waals surface area contributed by atoms with E-state index in [1.165, 1.54) is 6.07 Å². The van der Waals surface area contributed by atoms with Crippen LogP contribution < -0.4 is 10.2 Å². The summed E-state index contributed by atoms with van der Waals surface area (Å²) in [5, 5.41) is 8.77. The number of ether oxygens (including phenoxy) is 1. The van der Waals surface area contributed by atoms with Crippen molar-refractivity contribution in [3.8, 4) is 5.75 Å². The summed E-state index contributed by atoms with van der Waals surface area (Å²) in [6.45, 7) is 0.630. The SMILES string of the molecule is Fc1ccccc1COc1ccc2ccccc2c1CNn1cn[nH]c1=S. The molecule has 5 nitrogen and oxygen atoms in total. The lowest BCUT2D eigenvalue weighted by Crippen LogP contribution is -2.14. The van der Waals surface area contributed by atoms with Crippen LogP contribution in [0.4, 0.5) is 4.39 Å². The van der Waals surface area contributed by atoms with Gasteiger partial charge in [0.2, 0.25) is 4.77 Å². The van der Waals surface area contributed by atoms with Gasteiger partial charge in [-0.15, -0.1) is 0 Å². The lowest BCUT2D eigenvalue weighted by Gasteiger charge is -2.16. The molecule has 4 aromatic rings. The zero-order chi connectivity index (χ0) is 18.6. The lowest BCUT2D eigenvalue weighted by atomic mass is 10.0. The molecule has 0 aliphatic heterocycles. The van der Waals surface area contributed by atoms with E-state index in [0.29, 0.717) is 22.6 Å². The number of aromatic amines is 1. The number of halogens is 1. The predicted octanol–water partition coefficient (Wildman–Crippen LogP) is 4.56. The molecular formula is C20H17FN4OS. The van der Waals surface area contributed by atoms with E-state index in [4.69, 9.17) is 17.0 Å². The minimum Gasteiger partial charge on any atom is -0.488 e. The third kappa shape index (κ3) is 3.68. The second-order valence-electron chi connectivity index (χ2n) is 6.01. The standard InChI is InChI=1S/C20H17FN4OS/c21-18-8-4-2-6-15(18)12-26-19-10-9-14-5-1-3-7-16(14)17(19)11-23-25-13-22-24-20(25)27/h1-10,13,23H,11-12H2,(H,24,27). The van der Waals surface area contributed by atoms with Gasteiger partial charge >= 0.3 is 0 Å². The second kappa shape index (κ2) is 7.59. The van der Waals surface area contributed by atoms with E-state index in [1.54, 1.807) is 29.2 Å². The Labute approximate surface area is 160 Å². The maximum Gasteiger partial charge on any atom is 0.214 e. The Hall–Kier alpha value is -3.19. The maximum absolute atomic E-state index is 13.9. The van der Waals surface area contributed by atoms with Gasteiger partial charge < -0.3 is 10.2 Å². The molecule has 2 N–H and O–H groups in total. The van der Waals surface area contributed by atoms with Gasteiger partial charge in [0.15, 0.2) is 0 Å². The molecule has 4 rings (SSSR count). The number of hydrogen-bond donors (Lipinski definition) is 2. The predicted molar refractivity (Wildman–Crippen MR) is 105 cm³/mol. The molecule has 0 unspecified atom stereocenters. The van der Waals surface area contributed by atoms with Gasteiger partial charge in [0.25, 0.3) is 0 Å². The topological polar surface area (TPSA) is 54.9 Å². The van der Waals surface area contributed by atoms with Gasteiger partial charge in [-0.3, -0.25) is 5.10 Å². The number of benzene rings is 3. The second-order valence-corrected chi connectivity index (χ2v) is 6.40. The highest BCUT2D eigenvalue weighted by Crippen LogP contribution is 2.29. The number of nitrogens with one attached hydrogen (secondary N) is 2. The van der Waals surface area contributed by atoms with Crippen LogP contribution in [0.3, 0.4) is 0 Å². The molecule has 0 radical (unpaired) electrons. The summed E-state index contributed by atoms with van der Waals surface area (Å²) in [7, 11) is 0. The molecule has 27 heavy (non-hydrogen) atoms. The van der Waals surface area contributed by atoms with Crippen LogP contribution in [0.25, 0.3) is 10.8 Å². The van der Waals surface area contributed by atoms with Crippen LogP contribution in [-0.4, -0.2) is 14.9 Å². The fourth-order valence-corrected chi connectivity index (χ4v) is 3.09. The first-order chi connectivity index (χ1) is 13.2. The van der Waals surface area contributed by atoms with Crippen molar-refractivity contribution < 1.29 is 9.13 Å². The van der Waals surface area contributed by atoms with E-state index in [1.807, 2.05) is 36.4 Å². The quantitative estimate of drug-likeness (QED) is 0.482. The zero-order valence-electron chi connectivity index (χ0n) is 14.4. The van der Waals surface area contributed by atoms with E-state index in [0.717, 1.165) is 16.3 Å². The first-order valence-corrected chi connectivity index (χ1v) is 8.86. The molecule has 1 aromatic heterocycles. The van der Waals surface area contributed by atoms with Gasteiger partial charge in [-0.2, -0.15) is 5.10 Å². The monoisotopic (exact) mass is 380 g/mol. The van der Waals surface area contributed by atoms with Crippen molar-refractivity contribution in [3.05, 3.63) is 88.7 Å². The van der Waals surface area contributed by atoms with Crippen molar-refractivity contribution in [1.82, 2.24) is 14.9 Å². The minimum atomic E-state index is -0.275. The first kappa shape index (κ1) is 17.2. The Balaban J connectivity index is 1.65. The Morgan fingerprint density at radius 3 is 2.70 bits per heavy atom. The van der Waals surface area contributed by atoms with E-state index < -0.39 is 0 Å². The number of rotatable bonds is 6. The van der Waals surface area contributed by atoms with Gasteiger partial charge in [0, 0.05) is 11.1 Å². The molecule has 0 spiro atoms. The summed E-state index contributed by atoms with van der Waals surface area (Å²) in [6.07, 6.45) is 1.58. The van der Waals surface area contributed by atoms with Crippen molar-refractivity contribution in [2.24, 2.45) is 0 Å². The highest BCUT2D eigenvalue weighted by atomic mass is 32.1. The van der Waals surface area contributed by atoms with E-state index >= 15 is 0 Å². The smallest absolute Gasteiger partial charge is 0.214 e. The summed E-state index contributed by atoms with van der Waals surface area (Å²) in [5.41, 5.74) is 4.70. The van der Waals surface area contributed by atoms with Gasteiger partial charge in [-0.05, 0) is 35.1 Å². The molecule has 0 saturated carbocycles. The van der Waals surface area contributed by atoms with Crippen molar-refractivity contribution in [2.75, 3.05) is 5.43 Å². The van der Waals surface area contributed by atoms with Gasteiger partial charge in [-0.1, -0.05) is 48.5 Å². The molecule has 0 aliphatic rings. The number of hydrogen-bond acceptors (Lipinski definition) is 4. The molecule has 0 aliphatic carbocycles. The van der Waals surface area contributed by atoms with Crippen molar-refractivity contribution in [2.45, 2.75) is 13.2 Å². The molecule has 1 heterocycles. The summed E-state index contributed by atoms with van der Waals surface area (Å²) in [4.78, 5) is 0. The fourth-order valence-electron chi connectivity index (χ4n) is 2.93. The largest absolute Gasteiger partial charge is 0.488 e. The first-order valence-electron chi connectivity index (χ1n) is 8.45. The molecule has 7 heteroatoms. The van der Waals surface area contributed by atoms with Crippen LogP contribution in [0.5, 0.6) is 5.75 Å². The maximum atomic E-state index is 13.9. The number of fused-ring (bicyclic) bond motifs is 1.